The van der Waals surface area contributed by atoms with E-state index in [4.69, 9.17) is 9.26 Å². The van der Waals surface area contributed by atoms with E-state index in [-0.39, 0.29) is 12.3 Å². The highest BCUT2D eigenvalue weighted by Crippen LogP contribution is 2.26. The van der Waals surface area contributed by atoms with Crippen LogP contribution in [0.3, 0.4) is 0 Å². The van der Waals surface area contributed by atoms with Crippen LogP contribution in [-0.4, -0.2) is 16.0 Å². The Morgan fingerprint density at radius 1 is 1.12 bits per heavy atom. The maximum atomic E-state index is 13.4. The van der Waals surface area contributed by atoms with Gasteiger partial charge in [0.2, 0.25) is 5.91 Å². The van der Waals surface area contributed by atoms with Crippen molar-refractivity contribution >= 4 is 22.4 Å². The van der Waals surface area contributed by atoms with Crippen molar-refractivity contribution in [2.75, 3.05) is 5.32 Å². The van der Waals surface area contributed by atoms with E-state index in [0.717, 1.165) is 34.7 Å². The van der Waals surface area contributed by atoms with Crippen molar-refractivity contribution in [1.82, 2.24) is 10.1 Å². The molecule has 1 N–H and O–H groups in total. The molecule has 0 unspecified atom stereocenters. The molecule has 0 saturated heterocycles. The Morgan fingerprint density at radius 2 is 1.91 bits per heavy atom. The van der Waals surface area contributed by atoms with Crippen molar-refractivity contribution in [3.63, 3.8) is 0 Å². The van der Waals surface area contributed by atoms with Crippen LogP contribution in [0, 0.1) is 25.5 Å². The van der Waals surface area contributed by atoms with Crippen LogP contribution in [0.1, 0.15) is 22.6 Å². The monoisotopic (exact) mass is 455 g/mol. The van der Waals surface area contributed by atoms with Gasteiger partial charge >= 0.3 is 0 Å². The Bertz CT molecular complexity index is 1230. The molecule has 4 aromatic rings. The number of amides is 1. The van der Waals surface area contributed by atoms with Crippen LogP contribution < -0.4 is 10.1 Å². The van der Waals surface area contributed by atoms with Crippen molar-refractivity contribution in [1.29, 1.82) is 0 Å². The fourth-order valence-corrected chi connectivity index (χ4v) is 3.77. The number of hydrogen-bond donors (Lipinski definition) is 1. The minimum Gasteiger partial charge on any atom is -0.489 e. The van der Waals surface area contributed by atoms with Crippen LogP contribution in [0.25, 0.3) is 11.3 Å². The summed E-state index contributed by atoms with van der Waals surface area (Å²) in [4.78, 5) is 16.6. The largest absolute Gasteiger partial charge is 0.489 e. The summed E-state index contributed by atoms with van der Waals surface area (Å²) in [6.45, 7) is 4.05. The first-order valence-electron chi connectivity index (χ1n) is 9.73. The maximum Gasteiger partial charge on any atom is 0.230 e. The number of thiazole rings is 1. The Hall–Kier alpha value is -3.59. The van der Waals surface area contributed by atoms with E-state index in [1.165, 1.54) is 17.4 Å². The molecular formula is C23H19F2N3O3S. The van der Waals surface area contributed by atoms with Gasteiger partial charge in [-0.15, -0.1) is 11.3 Å². The molecule has 6 nitrogen and oxygen atoms in total. The number of rotatable bonds is 7. The van der Waals surface area contributed by atoms with E-state index < -0.39 is 11.6 Å². The van der Waals surface area contributed by atoms with Crippen LogP contribution in [0.5, 0.6) is 5.75 Å². The Balaban J connectivity index is 1.32. The second kappa shape index (κ2) is 9.27. The molecule has 0 radical (unpaired) electrons. The van der Waals surface area contributed by atoms with Gasteiger partial charge in [0.25, 0.3) is 0 Å². The Kier molecular flexibility index (Phi) is 6.27. The highest BCUT2D eigenvalue weighted by Gasteiger charge is 2.12. The molecule has 164 valence electrons. The van der Waals surface area contributed by atoms with Crippen molar-refractivity contribution in [3.8, 4) is 17.0 Å². The summed E-state index contributed by atoms with van der Waals surface area (Å²) in [5, 5.41) is 8.69. The van der Waals surface area contributed by atoms with Gasteiger partial charge in [-0.25, -0.2) is 13.8 Å². The Morgan fingerprint density at radius 3 is 2.59 bits per heavy atom. The lowest BCUT2D eigenvalue weighted by Gasteiger charge is -2.07. The number of nitrogens with zero attached hydrogens (tertiary/aromatic N) is 2. The molecule has 0 aliphatic heterocycles. The highest BCUT2D eigenvalue weighted by atomic mass is 32.1. The van der Waals surface area contributed by atoms with Gasteiger partial charge in [0.05, 0.1) is 23.4 Å². The van der Waals surface area contributed by atoms with E-state index in [9.17, 15) is 13.6 Å². The van der Waals surface area contributed by atoms with Crippen LogP contribution in [0.4, 0.5) is 13.9 Å². The summed E-state index contributed by atoms with van der Waals surface area (Å²) in [6, 6.07) is 10.8. The summed E-state index contributed by atoms with van der Waals surface area (Å²) < 4.78 is 37.4. The topological polar surface area (TPSA) is 77.2 Å². The maximum absolute atomic E-state index is 13.4. The van der Waals surface area contributed by atoms with Crippen molar-refractivity contribution in [2.45, 2.75) is 26.9 Å². The molecule has 0 aliphatic rings. The molecule has 0 spiro atoms. The quantitative estimate of drug-likeness (QED) is 0.401. The number of ether oxygens (including phenoxy) is 1. The fraction of sp³-hybridized carbons (Fsp3) is 0.174. The van der Waals surface area contributed by atoms with Gasteiger partial charge in [0.1, 0.15) is 18.1 Å². The third-order valence-corrected chi connectivity index (χ3v) is 5.58. The molecule has 0 fully saturated rings. The van der Waals surface area contributed by atoms with Gasteiger partial charge in [-0.2, -0.15) is 0 Å². The average Bonchev–Trinajstić information content (AvgIpc) is 3.36. The molecule has 2 heterocycles. The smallest absolute Gasteiger partial charge is 0.230 e. The number of aryl methyl sites for hydroxylation is 2. The molecule has 1 amide bonds. The molecule has 0 atom stereocenters. The zero-order chi connectivity index (χ0) is 22.7. The molecule has 9 heteroatoms. The SMILES string of the molecule is Cc1noc(C)c1COc1ccc(CC(=O)Nc2nc(-c3ccc(F)c(F)c3)cs2)cc1. The Labute approximate surface area is 186 Å². The molecule has 4 rings (SSSR count). The minimum atomic E-state index is -0.944. The lowest BCUT2D eigenvalue weighted by atomic mass is 10.1. The molecule has 2 aromatic carbocycles. The van der Waals surface area contributed by atoms with Crippen LogP contribution in [-0.2, 0) is 17.8 Å². The number of carbonyl (C=O) groups excluding carboxylic acids is 1. The average molecular weight is 455 g/mol. The second-order valence-corrected chi connectivity index (χ2v) is 7.99. The molecule has 32 heavy (non-hydrogen) atoms. The number of anilines is 1. The normalized spacial score (nSPS) is 10.9. The minimum absolute atomic E-state index is 0.157. The third kappa shape index (κ3) is 5.00. The van der Waals surface area contributed by atoms with Gasteiger partial charge in [-0.05, 0) is 49.7 Å². The predicted molar refractivity (Wildman–Crippen MR) is 117 cm³/mol. The van der Waals surface area contributed by atoms with Crippen molar-refractivity contribution in [2.24, 2.45) is 0 Å². The van der Waals surface area contributed by atoms with E-state index in [0.29, 0.717) is 28.7 Å². The summed E-state index contributed by atoms with van der Waals surface area (Å²) >= 11 is 1.21. The summed E-state index contributed by atoms with van der Waals surface area (Å²) in [5.41, 5.74) is 3.42. The molecular weight excluding hydrogens is 436 g/mol. The first-order valence-corrected chi connectivity index (χ1v) is 10.6. The zero-order valence-electron chi connectivity index (χ0n) is 17.3. The van der Waals surface area contributed by atoms with Gasteiger partial charge in [0.15, 0.2) is 16.8 Å². The molecule has 0 bridgehead atoms. The van der Waals surface area contributed by atoms with Gasteiger partial charge < -0.3 is 14.6 Å². The summed E-state index contributed by atoms with van der Waals surface area (Å²) in [7, 11) is 0. The summed E-state index contributed by atoms with van der Waals surface area (Å²) in [5.74, 6) is -0.700. The van der Waals surface area contributed by atoms with Crippen LogP contribution in [0.2, 0.25) is 0 Å². The van der Waals surface area contributed by atoms with E-state index in [1.807, 2.05) is 26.0 Å². The molecule has 0 aliphatic carbocycles. The number of hydrogen-bond acceptors (Lipinski definition) is 6. The lowest BCUT2D eigenvalue weighted by molar-refractivity contribution is -0.115. The number of carbonyl (C=O) groups is 1. The lowest BCUT2D eigenvalue weighted by Crippen LogP contribution is -2.14. The predicted octanol–water partition coefficient (Wildman–Crippen LogP) is 5.45. The number of aromatic nitrogens is 2. The van der Waals surface area contributed by atoms with E-state index in [1.54, 1.807) is 17.5 Å². The fourth-order valence-electron chi connectivity index (χ4n) is 3.04. The summed E-state index contributed by atoms with van der Waals surface area (Å²) in [6.07, 6.45) is 0.157. The third-order valence-electron chi connectivity index (χ3n) is 4.82. The van der Waals surface area contributed by atoms with Crippen LogP contribution in [0.15, 0.2) is 52.4 Å². The second-order valence-electron chi connectivity index (χ2n) is 7.13. The van der Waals surface area contributed by atoms with Crippen molar-refractivity contribution < 1.29 is 22.8 Å². The number of nitrogens with one attached hydrogen (secondary N) is 1. The molecule has 0 saturated carbocycles. The standard InChI is InChI=1S/C23H19F2N3O3S/c1-13-18(14(2)31-28-13)11-30-17-6-3-15(4-7-17)9-22(29)27-23-26-21(12-32-23)16-5-8-19(24)20(25)10-16/h3-8,10,12H,9,11H2,1-2H3,(H,26,27,29). The highest BCUT2D eigenvalue weighted by molar-refractivity contribution is 7.14. The first-order chi connectivity index (χ1) is 15.4. The number of halogens is 2. The van der Waals surface area contributed by atoms with Crippen LogP contribution >= 0.6 is 11.3 Å². The zero-order valence-corrected chi connectivity index (χ0v) is 18.1. The van der Waals surface area contributed by atoms with Gasteiger partial charge in [-0.3, -0.25) is 4.79 Å². The van der Waals surface area contributed by atoms with E-state index >= 15 is 0 Å². The van der Waals surface area contributed by atoms with Gasteiger partial charge in [-0.1, -0.05) is 17.3 Å². The van der Waals surface area contributed by atoms with E-state index in [2.05, 4.69) is 15.5 Å². The van der Waals surface area contributed by atoms with Gasteiger partial charge in [0, 0.05) is 10.9 Å². The first kappa shape index (κ1) is 21.6. The number of benzene rings is 2. The van der Waals surface area contributed by atoms with Crippen molar-refractivity contribution in [3.05, 3.63) is 82.1 Å². The molecule has 2 aromatic heterocycles.